The summed E-state index contributed by atoms with van der Waals surface area (Å²) in [6, 6.07) is -2.81. The van der Waals surface area contributed by atoms with Crippen LogP contribution in [0.3, 0.4) is 0 Å². The lowest BCUT2D eigenvalue weighted by Crippen LogP contribution is -2.54. The summed E-state index contributed by atoms with van der Waals surface area (Å²) in [5.41, 5.74) is 0. The van der Waals surface area contributed by atoms with Crippen molar-refractivity contribution in [2.45, 2.75) is 76.2 Å². The van der Waals surface area contributed by atoms with Gasteiger partial charge in [-0.25, -0.2) is 4.79 Å². The number of halogens is 3. The van der Waals surface area contributed by atoms with E-state index < -0.39 is 24.2 Å². The first-order valence-corrected chi connectivity index (χ1v) is 9.43. The Morgan fingerprint density at radius 1 is 1.12 bits per heavy atom. The predicted molar refractivity (Wildman–Crippen MR) is 87.5 cm³/mol. The van der Waals surface area contributed by atoms with Gasteiger partial charge in [-0.2, -0.15) is 13.2 Å². The van der Waals surface area contributed by atoms with Gasteiger partial charge in [0.1, 0.15) is 11.9 Å². The molecule has 2 aliphatic carbocycles. The van der Waals surface area contributed by atoms with E-state index in [1.54, 1.807) is 6.92 Å². The van der Waals surface area contributed by atoms with Gasteiger partial charge >= 0.3 is 12.2 Å². The van der Waals surface area contributed by atoms with E-state index in [9.17, 15) is 18.0 Å². The Balaban J connectivity index is 1.48. The SMILES string of the molecule is CC1c2nnc(C3CCCC3)n2CCN1C(=O)NC(C1CC1)C(F)(F)F. The van der Waals surface area contributed by atoms with Crippen molar-refractivity contribution in [3.05, 3.63) is 11.6 Å². The summed E-state index contributed by atoms with van der Waals surface area (Å²) in [5.74, 6) is 1.56. The van der Waals surface area contributed by atoms with Gasteiger partial charge < -0.3 is 14.8 Å². The zero-order chi connectivity index (χ0) is 18.5. The van der Waals surface area contributed by atoms with Crippen LogP contribution >= 0.6 is 0 Å². The van der Waals surface area contributed by atoms with Crippen LogP contribution in [-0.2, 0) is 6.54 Å². The Bertz CT molecular complexity index is 678. The lowest BCUT2D eigenvalue weighted by Gasteiger charge is -2.35. The molecule has 2 amide bonds. The highest BCUT2D eigenvalue weighted by molar-refractivity contribution is 5.75. The van der Waals surface area contributed by atoms with Crippen molar-refractivity contribution in [1.29, 1.82) is 0 Å². The van der Waals surface area contributed by atoms with Crippen LogP contribution in [0.2, 0.25) is 0 Å². The maximum atomic E-state index is 13.2. The number of aromatic nitrogens is 3. The minimum atomic E-state index is -4.41. The highest BCUT2D eigenvalue weighted by atomic mass is 19.4. The standard InChI is InChI=1S/C17H24F3N5O/c1-10-14-22-23-15(12-4-2-3-5-12)25(14)9-8-24(10)16(26)21-13(11-6-7-11)17(18,19)20/h10-13H,2-9H2,1H3,(H,21,26). The van der Waals surface area contributed by atoms with Gasteiger partial charge in [0, 0.05) is 19.0 Å². The second kappa shape index (κ2) is 6.42. The molecule has 0 bridgehead atoms. The lowest BCUT2D eigenvalue weighted by atomic mass is 10.1. The first-order chi connectivity index (χ1) is 12.4. The monoisotopic (exact) mass is 371 g/mol. The number of carbonyl (C=O) groups excluding carboxylic acids is 1. The number of nitrogens with zero attached hydrogens (tertiary/aromatic N) is 4. The van der Waals surface area contributed by atoms with Crippen molar-refractivity contribution in [2.24, 2.45) is 5.92 Å². The van der Waals surface area contributed by atoms with Crippen molar-refractivity contribution in [3.63, 3.8) is 0 Å². The number of urea groups is 1. The molecule has 1 N–H and O–H groups in total. The normalized spacial score (nSPS) is 25.2. The van der Waals surface area contributed by atoms with E-state index in [0.29, 0.717) is 37.7 Å². The zero-order valence-corrected chi connectivity index (χ0v) is 14.8. The van der Waals surface area contributed by atoms with Crippen molar-refractivity contribution >= 4 is 6.03 Å². The number of amides is 2. The van der Waals surface area contributed by atoms with Crippen LogP contribution in [0.15, 0.2) is 0 Å². The van der Waals surface area contributed by atoms with E-state index in [-0.39, 0.29) is 6.04 Å². The predicted octanol–water partition coefficient (Wildman–Crippen LogP) is 3.36. The fourth-order valence-corrected chi connectivity index (χ4v) is 4.28. The molecule has 4 rings (SSSR count). The minimum Gasteiger partial charge on any atom is -0.326 e. The summed E-state index contributed by atoms with van der Waals surface area (Å²) in [4.78, 5) is 14.0. The Labute approximate surface area is 150 Å². The summed E-state index contributed by atoms with van der Waals surface area (Å²) in [6.07, 6.45) is 1.20. The fourth-order valence-electron chi connectivity index (χ4n) is 4.28. The third-order valence-corrected chi connectivity index (χ3v) is 5.92. The summed E-state index contributed by atoms with van der Waals surface area (Å²) in [6.45, 7) is 2.70. The molecule has 1 aromatic heterocycles. The molecular weight excluding hydrogens is 347 g/mol. The lowest BCUT2D eigenvalue weighted by molar-refractivity contribution is -0.158. The molecule has 1 aromatic rings. The van der Waals surface area contributed by atoms with E-state index in [4.69, 9.17) is 0 Å². The summed E-state index contributed by atoms with van der Waals surface area (Å²) >= 11 is 0. The van der Waals surface area contributed by atoms with Crippen LogP contribution in [0.4, 0.5) is 18.0 Å². The average Bonchev–Trinajstić information content (AvgIpc) is 3.08. The molecule has 26 heavy (non-hydrogen) atoms. The number of hydrogen-bond acceptors (Lipinski definition) is 3. The molecule has 2 atom stereocenters. The van der Waals surface area contributed by atoms with E-state index in [0.717, 1.165) is 18.7 Å². The molecule has 6 nitrogen and oxygen atoms in total. The van der Waals surface area contributed by atoms with Crippen LogP contribution in [0.1, 0.15) is 69.1 Å². The van der Waals surface area contributed by atoms with E-state index >= 15 is 0 Å². The molecule has 1 aliphatic heterocycles. The Morgan fingerprint density at radius 2 is 1.77 bits per heavy atom. The number of fused-ring (bicyclic) bond motifs is 1. The average molecular weight is 371 g/mol. The molecule has 3 aliphatic rings. The van der Waals surface area contributed by atoms with Gasteiger partial charge in [-0.05, 0) is 38.5 Å². The van der Waals surface area contributed by atoms with Crippen LogP contribution in [0, 0.1) is 5.92 Å². The third kappa shape index (κ3) is 3.16. The quantitative estimate of drug-likeness (QED) is 0.886. The van der Waals surface area contributed by atoms with Gasteiger partial charge in [0.15, 0.2) is 5.82 Å². The molecule has 2 fully saturated rings. The molecule has 9 heteroatoms. The molecule has 0 spiro atoms. The number of carbonyl (C=O) groups is 1. The molecule has 144 valence electrons. The molecule has 0 aromatic carbocycles. The van der Waals surface area contributed by atoms with Gasteiger partial charge in [-0.1, -0.05) is 12.8 Å². The third-order valence-electron chi connectivity index (χ3n) is 5.92. The second-order valence-electron chi connectivity index (χ2n) is 7.72. The van der Waals surface area contributed by atoms with Crippen LogP contribution in [-0.4, -0.2) is 44.5 Å². The van der Waals surface area contributed by atoms with Crippen LogP contribution < -0.4 is 5.32 Å². The molecular formula is C17H24F3N5O. The topological polar surface area (TPSA) is 63.1 Å². The molecule has 2 unspecified atom stereocenters. The number of alkyl halides is 3. The molecule has 0 radical (unpaired) electrons. The van der Waals surface area contributed by atoms with E-state index in [1.165, 1.54) is 17.7 Å². The van der Waals surface area contributed by atoms with Gasteiger partial charge in [-0.15, -0.1) is 10.2 Å². The smallest absolute Gasteiger partial charge is 0.326 e. The Hall–Kier alpha value is -1.80. The number of nitrogens with one attached hydrogen (secondary N) is 1. The maximum Gasteiger partial charge on any atom is 0.408 e. The van der Waals surface area contributed by atoms with Gasteiger partial charge in [-0.3, -0.25) is 0 Å². The van der Waals surface area contributed by atoms with E-state index in [2.05, 4.69) is 20.1 Å². The van der Waals surface area contributed by atoms with Crippen molar-refractivity contribution in [1.82, 2.24) is 25.0 Å². The number of hydrogen-bond donors (Lipinski definition) is 1. The minimum absolute atomic E-state index is 0.368. The highest BCUT2D eigenvalue weighted by Gasteiger charge is 2.50. The van der Waals surface area contributed by atoms with Gasteiger partial charge in [0.05, 0.1) is 6.04 Å². The summed E-state index contributed by atoms with van der Waals surface area (Å²) < 4.78 is 41.6. The molecule has 0 saturated heterocycles. The van der Waals surface area contributed by atoms with Crippen molar-refractivity contribution < 1.29 is 18.0 Å². The summed E-state index contributed by atoms with van der Waals surface area (Å²) in [5, 5.41) is 10.8. The Kier molecular flexibility index (Phi) is 4.35. The van der Waals surface area contributed by atoms with Crippen LogP contribution in [0.25, 0.3) is 0 Å². The molecule has 2 saturated carbocycles. The van der Waals surface area contributed by atoms with Gasteiger partial charge in [0.2, 0.25) is 0 Å². The second-order valence-corrected chi connectivity index (χ2v) is 7.72. The fraction of sp³-hybridized carbons (Fsp3) is 0.824. The Morgan fingerprint density at radius 3 is 2.38 bits per heavy atom. The van der Waals surface area contributed by atoms with Crippen LogP contribution in [0.5, 0.6) is 0 Å². The zero-order valence-electron chi connectivity index (χ0n) is 14.8. The first kappa shape index (κ1) is 17.6. The van der Waals surface area contributed by atoms with E-state index in [1.807, 2.05) is 0 Å². The molecule has 2 heterocycles. The van der Waals surface area contributed by atoms with Crippen molar-refractivity contribution in [2.75, 3.05) is 6.54 Å². The first-order valence-electron chi connectivity index (χ1n) is 9.43. The van der Waals surface area contributed by atoms with Crippen molar-refractivity contribution in [3.8, 4) is 0 Å². The summed E-state index contributed by atoms with van der Waals surface area (Å²) in [7, 11) is 0. The van der Waals surface area contributed by atoms with Gasteiger partial charge in [0.25, 0.3) is 0 Å². The highest BCUT2D eigenvalue weighted by Crippen LogP contribution is 2.40. The number of rotatable bonds is 3. The largest absolute Gasteiger partial charge is 0.408 e. The maximum absolute atomic E-state index is 13.2.